The van der Waals surface area contributed by atoms with Crippen LogP contribution in [0.4, 0.5) is 0 Å². The van der Waals surface area contributed by atoms with Gasteiger partial charge in [0, 0.05) is 21.3 Å². The Hall–Kier alpha value is -1.51. The standard InChI is InChI=1S/C17H22O3Si2/c1-18-22(19-2,20-3)21-14-17(15-10-6-4-7-11-15)16-12-8-5-9-13-16/h4-14H,21H2,1-3H3. The molecule has 0 saturated carbocycles. The smallest absolute Gasteiger partial charge is 0.380 e. The van der Waals surface area contributed by atoms with Gasteiger partial charge in [0.1, 0.15) is 9.04 Å². The number of hydrogen-bond acceptors (Lipinski definition) is 3. The fourth-order valence-corrected chi connectivity index (χ4v) is 7.15. The molecule has 0 aliphatic heterocycles. The average molecular weight is 331 g/mol. The molecule has 0 fully saturated rings. The summed E-state index contributed by atoms with van der Waals surface area (Å²) >= 11 is 0. The van der Waals surface area contributed by atoms with Crippen molar-refractivity contribution < 1.29 is 13.3 Å². The van der Waals surface area contributed by atoms with Gasteiger partial charge < -0.3 is 13.3 Å². The summed E-state index contributed by atoms with van der Waals surface area (Å²) in [4.78, 5) is 0. The molecule has 3 nitrogen and oxygen atoms in total. The van der Waals surface area contributed by atoms with E-state index in [1.54, 1.807) is 21.3 Å². The summed E-state index contributed by atoms with van der Waals surface area (Å²) in [7, 11) is 1.72. The Morgan fingerprint density at radius 1 is 0.773 bits per heavy atom. The van der Waals surface area contributed by atoms with Crippen LogP contribution in [0, 0.1) is 0 Å². The predicted octanol–water partition coefficient (Wildman–Crippen LogP) is 2.62. The minimum absolute atomic E-state index is 0.806. The SMILES string of the molecule is CO[Si](OC)(OC)[SiH2]C=C(c1ccccc1)c1ccccc1. The van der Waals surface area contributed by atoms with Gasteiger partial charge in [-0.15, -0.1) is 0 Å². The Bertz CT molecular complexity index is 546. The second-order valence-electron chi connectivity index (χ2n) is 4.85. The molecule has 0 spiro atoms. The van der Waals surface area contributed by atoms with E-state index in [1.165, 1.54) is 16.7 Å². The van der Waals surface area contributed by atoms with Gasteiger partial charge in [0.05, 0.1) is 0 Å². The summed E-state index contributed by atoms with van der Waals surface area (Å²) in [5.41, 5.74) is 5.91. The van der Waals surface area contributed by atoms with E-state index in [4.69, 9.17) is 13.3 Å². The molecule has 0 saturated heterocycles. The van der Waals surface area contributed by atoms with E-state index in [0.717, 1.165) is 0 Å². The molecular weight excluding hydrogens is 308 g/mol. The second kappa shape index (κ2) is 8.21. The first-order chi connectivity index (χ1) is 10.7. The molecule has 2 aromatic carbocycles. The minimum Gasteiger partial charge on any atom is -0.380 e. The van der Waals surface area contributed by atoms with Crippen molar-refractivity contribution in [3.05, 3.63) is 77.5 Å². The van der Waals surface area contributed by atoms with Gasteiger partial charge in [-0.2, -0.15) is 0 Å². The van der Waals surface area contributed by atoms with Crippen LogP contribution in [-0.2, 0) is 13.3 Å². The van der Waals surface area contributed by atoms with Crippen LogP contribution in [0.15, 0.2) is 66.4 Å². The van der Waals surface area contributed by atoms with Crippen molar-refractivity contribution in [2.75, 3.05) is 21.3 Å². The summed E-state index contributed by atoms with van der Waals surface area (Å²) in [5.74, 6) is 0. The van der Waals surface area contributed by atoms with Crippen LogP contribution in [0.25, 0.3) is 5.57 Å². The maximum Gasteiger partial charge on any atom is 0.466 e. The van der Waals surface area contributed by atoms with E-state index in [1.807, 2.05) is 12.1 Å². The van der Waals surface area contributed by atoms with E-state index in [2.05, 4.69) is 54.2 Å². The molecule has 0 aromatic heterocycles. The zero-order valence-corrected chi connectivity index (χ0v) is 15.7. The predicted molar refractivity (Wildman–Crippen MR) is 95.3 cm³/mol. The van der Waals surface area contributed by atoms with Gasteiger partial charge in [-0.05, 0) is 16.7 Å². The van der Waals surface area contributed by atoms with E-state index in [0.29, 0.717) is 0 Å². The summed E-state index contributed by atoms with van der Waals surface area (Å²) in [6, 6.07) is 20.8. The maximum atomic E-state index is 5.57. The largest absolute Gasteiger partial charge is 0.466 e. The summed E-state index contributed by atoms with van der Waals surface area (Å²) in [6.45, 7) is 0. The Morgan fingerprint density at radius 2 is 1.18 bits per heavy atom. The third-order valence-electron chi connectivity index (χ3n) is 3.66. The van der Waals surface area contributed by atoms with E-state index < -0.39 is 17.4 Å². The Kier molecular flexibility index (Phi) is 6.29. The average Bonchev–Trinajstić information content (AvgIpc) is 2.61. The van der Waals surface area contributed by atoms with Crippen molar-refractivity contribution in [2.24, 2.45) is 0 Å². The lowest BCUT2D eigenvalue weighted by Gasteiger charge is -2.23. The van der Waals surface area contributed by atoms with Crippen LogP contribution in [-0.4, -0.2) is 38.7 Å². The summed E-state index contributed by atoms with van der Waals surface area (Å²) in [5, 5.41) is 0. The summed E-state index contributed by atoms with van der Waals surface area (Å²) < 4.78 is 16.7. The van der Waals surface area contributed by atoms with Crippen LogP contribution in [0.1, 0.15) is 11.1 Å². The molecule has 0 atom stereocenters. The molecular formula is C17H22O3Si2. The van der Waals surface area contributed by atoms with E-state index in [9.17, 15) is 0 Å². The van der Waals surface area contributed by atoms with Crippen molar-refractivity contribution in [2.45, 2.75) is 0 Å². The fraction of sp³-hybridized carbons (Fsp3) is 0.176. The van der Waals surface area contributed by atoms with Gasteiger partial charge in [0.15, 0.2) is 0 Å². The van der Waals surface area contributed by atoms with Crippen molar-refractivity contribution >= 4 is 22.9 Å². The lowest BCUT2D eigenvalue weighted by molar-refractivity contribution is 0.148. The monoisotopic (exact) mass is 330 g/mol. The quantitative estimate of drug-likeness (QED) is 0.731. The lowest BCUT2D eigenvalue weighted by atomic mass is 10.00. The molecule has 0 radical (unpaired) electrons. The molecule has 0 aliphatic carbocycles. The van der Waals surface area contributed by atoms with E-state index in [-0.39, 0.29) is 0 Å². The lowest BCUT2D eigenvalue weighted by Crippen LogP contribution is -2.49. The molecule has 0 aliphatic rings. The van der Waals surface area contributed by atoms with Gasteiger partial charge in [-0.1, -0.05) is 66.4 Å². The number of rotatable bonds is 7. The van der Waals surface area contributed by atoms with Crippen LogP contribution >= 0.6 is 0 Å². The molecule has 0 bridgehead atoms. The third kappa shape index (κ3) is 4.03. The normalized spacial score (nSPS) is 11.8. The molecule has 5 heteroatoms. The van der Waals surface area contributed by atoms with Crippen molar-refractivity contribution in [3.8, 4) is 0 Å². The first-order valence-corrected chi connectivity index (χ1v) is 12.1. The minimum atomic E-state index is -2.48. The van der Waals surface area contributed by atoms with Gasteiger partial charge in [-0.3, -0.25) is 0 Å². The van der Waals surface area contributed by atoms with Crippen LogP contribution in [0.5, 0.6) is 0 Å². The maximum absolute atomic E-state index is 5.57. The molecule has 0 heterocycles. The first kappa shape index (κ1) is 16.9. The van der Waals surface area contributed by atoms with Crippen LogP contribution in [0.2, 0.25) is 0 Å². The topological polar surface area (TPSA) is 27.7 Å². The fourth-order valence-electron chi connectivity index (χ4n) is 2.36. The molecule has 0 amide bonds. The molecule has 2 rings (SSSR count). The highest BCUT2D eigenvalue weighted by Crippen LogP contribution is 2.23. The molecule has 2 aromatic rings. The van der Waals surface area contributed by atoms with Gasteiger partial charge in [0.25, 0.3) is 0 Å². The second-order valence-corrected chi connectivity index (χ2v) is 12.1. The van der Waals surface area contributed by atoms with Gasteiger partial charge in [-0.25, -0.2) is 0 Å². The molecule has 116 valence electrons. The first-order valence-electron chi connectivity index (χ1n) is 7.21. The number of hydrogen-bond donors (Lipinski definition) is 0. The van der Waals surface area contributed by atoms with Crippen LogP contribution in [0.3, 0.4) is 0 Å². The highest BCUT2D eigenvalue weighted by atomic mass is 29.2. The highest BCUT2D eigenvalue weighted by Gasteiger charge is 2.36. The molecule has 22 heavy (non-hydrogen) atoms. The van der Waals surface area contributed by atoms with Gasteiger partial charge >= 0.3 is 8.32 Å². The van der Waals surface area contributed by atoms with Crippen molar-refractivity contribution in [1.29, 1.82) is 0 Å². The Morgan fingerprint density at radius 3 is 1.55 bits per heavy atom. The van der Waals surface area contributed by atoms with Crippen molar-refractivity contribution in [1.82, 2.24) is 0 Å². The number of benzene rings is 2. The molecule has 0 unspecified atom stereocenters. The summed E-state index contributed by atoms with van der Waals surface area (Å²) in [6.07, 6.45) is 0. The highest BCUT2D eigenvalue weighted by molar-refractivity contribution is 7.16. The third-order valence-corrected chi connectivity index (χ3v) is 11.3. The Labute approximate surface area is 135 Å². The molecule has 0 N–H and O–H groups in total. The van der Waals surface area contributed by atoms with Crippen molar-refractivity contribution in [3.63, 3.8) is 0 Å². The Balaban J connectivity index is 2.39. The zero-order valence-electron chi connectivity index (χ0n) is 13.3. The van der Waals surface area contributed by atoms with Crippen LogP contribution < -0.4 is 0 Å². The van der Waals surface area contributed by atoms with E-state index >= 15 is 0 Å². The zero-order chi connectivity index (χ0) is 15.8. The van der Waals surface area contributed by atoms with Gasteiger partial charge in [0.2, 0.25) is 0 Å².